The second-order valence-electron chi connectivity index (χ2n) is 4.16. The van der Waals surface area contributed by atoms with Crippen molar-refractivity contribution in [3.63, 3.8) is 0 Å². The summed E-state index contributed by atoms with van der Waals surface area (Å²) < 4.78 is 10.9. The van der Waals surface area contributed by atoms with Crippen LogP contribution < -0.4 is 14.8 Å². The van der Waals surface area contributed by atoms with Gasteiger partial charge < -0.3 is 14.8 Å². The van der Waals surface area contributed by atoms with Crippen molar-refractivity contribution in [3.05, 3.63) is 17.8 Å². The Labute approximate surface area is 96.0 Å². The molecule has 2 rings (SSSR count). The molecule has 0 unspecified atom stereocenters. The van der Waals surface area contributed by atoms with Crippen LogP contribution in [0.5, 0.6) is 11.6 Å². The molecule has 2 heterocycles. The number of hydrogen-bond donors (Lipinski definition) is 1. The first kappa shape index (κ1) is 11.2. The zero-order chi connectivity index (χ0) is 11.4. The van der Waals surface area contributed by atoms with Crippen LogP contribution in [0, 0.1) is 12.8 Å². The molecular weight excluding hydrogens is 204 g/mol. The van der Waals surface area contributed by atoms with Crippen LogP contribution >= 0.6 is 0 Å². The maximum absolute atomic E-state index is 5.75. The number of pyridine rings is 1. The molecule has 1 atom stereocenters. The normalized spacial score (nSPS) is 19.8. The summed E-state index contributed by atoms with van der Waals surface area (Å²) in [5.41, 5.74) is 0.916. The van der Waals surface area contributed by atoms with Crippen molar-refractivity contribution in [2.24, 2.45) is 5.92 Å². The van der Waals surface area contributed by atoms with Crippen LogP contribution in [-0.2, 0) is 0 Å². The molecule has 1 aromatic rings. The molecule has 1 aliphatic rings. The van der Waals surface area contributed by atoms with E-state index in [1.54, 1.807) is 7.11 Å². The summed E-state index contributed by atoms with van der Waals surface area (Å²) in [5, 5.41) is 3.33. The van der Waals surface area contributed by atoms with Gasteiger partial charge in [-0.05, 0) is 19.9 Å². The third-order valence-electron chi connectivity index (χ3n) is 2.76. The molecule has 0 bridgehead atoms. The van der Waals surface area contributed by atoms with Crippen molar-refractivity contribution in [2.75, 3.05) is 26.8 Å². The minimum absolute atomic E-state index is 0.611. The van der Waals surface area contributed by atoms with Gasteiger partial charge in [0.15, 0.2) is 0 Å². The van der Waals surface area contributed by atoms with E-state index >= 15 is 0 Å². The van der Waals surface area contributed by atoms with Gasteiger partial charge in [-0.2, -0.15) is 0 Å². The van der Waals surface area contributed by atoms with Crippen LogP contribution in [0.1, 0.15) is 12.1 Å². The molecule has 1 fully saturated rings. The van der Waals surface area contributed by atoms with Crippen molar-refractivity contribution in [1.82, 2.24) is 10.3 Å². The highest BCUT2D eigenvalue weighted by molar-refractivity contribution is 5.29. The van der Waals surface area contributed by atoms with E-state index in [4.69, 9.17) is 9.47 Å². The number of ether oxygens (including phenoxy) is 2. The van der Waals surface area contributed by atoms with E-state index in [9.17, 15) is 0 Å². The highest BCUT2D eigenvalue weighted by Crippen LogP contribution is 2.20. The van der Waals surface area contributed by atoms with Gasteiger partial charge in [0.2, 0.25) is 5.88 Å². The average Bonchev–Trinajstić information content (AvgIpc) is 2.78. The molecule has 0 amide bonds. The molecule has 88 valence electrons. The molecule has 0 aliphatic carbocycles. The molecule has 0 spiro atoms. The minimum Gasteiger partial charge on any atom is -0.493 e. The molecule has 0 saturated carbocycles. The number of aryl methyl sites for hydroxylation is 1. The number of rotatable bonds is 4. The molecule has 4 nitrogen and oxygen atoms in total. The van der Waals surface area contributed by atoms with Crippen molar-refractivity contribution >= 4 is 0 Å². The average molecular weight is 222 g/mol. The third-order valence-corrected chi connectivity index (χ3v) is 2.76. The van der Waals surface area contributed by atoms with Crippen LogP contribution in [0.15, 0.2) is 12.1 Å². The fourth-order valence-electron chi connectivity index (χ4n) is 1.87. The lowest BCUT2D eigenvalue weighted by Gasteiger charge is -2.12. The van der Waals surface area contributed by atoms with Gasteiger partial charge in [0.1, 0.15) is 5.75 Å². The Morgan fingerprint density at radius 3 is 3.06 bits per heavy atom. The van der Waals surface area contributed by atoms with Gasteiger partial charge in [-0.3, -0.25) is 0 Å². The van der Waals surface area contributed by atoms with E-state index in [2.05, 4.69) is 10.3 Å². The van der Waals surface area contributed by atoms with Crippen molar-refractivity contribution in [1.29, 1.82) is 0 Å². The number of methoxy groups -OCH3 is 1. The van der Waals surface area contributed by atoms with E-state index < -0.39 is 0 Å². The molecule has 4 heteroatoms. The van der Waals surface area contributed by atoms with Gasteiger partial charge in [-0.1, -0.05) is 0 Å². The predicted molar refractivity (Wildman–Crippen MR) is 62.0 cm³/mol. The summed E-state index contributed by atoms with van der Waals surface area (Å²) in [4.78, 5) is 4.22. The summed E-state index contributed by atoms with van der Waals surface area (Å²) >= 11 is 0. The zero-order valence-corrected chi connectivity index (χ0v) is 9.82. The van der Waals surface area contributed by atoms with E-state index in [1.807, 2.05) is 19.1 Å². The molecular formula is C12H18N2O2. The first-order valence-corrected chi connectivity index (χ1v) is 5.64. The molecule has 1 aromatic heterocycles. The standard InChI is InChI=1S/C12H18N2O2/c1-9-5-11(6-12(14-9)15-2)16-8-10-3-4-13-7-10/h5-6,10,13H,3-4,7-8H2,1-2H3/t10-/m1/s1. The SMILES string of the molecule is COc1cc(OC[C@@H]2CCNC2)cc(C)n1. The van der Waals surface area contributed by atoms with Gasteiger partial charge in [0.05, 0.1) is 13.7 Å². The molecule has 0 radical (unpaired) electrons. The quantitative estimate of drug-likeness (QED) is 0.836. The zero-order valence-electron chi connectivity index (χ0n) is 9.82. The summed E-state index contributed by atoms with van der Waals surface area (Å²) in [6, 6.07) is 3.76. The molecule has 16 heavy (non-hydrogen) atoms. The fourth-order valence-corrected chi connectivity index (χ4v) is 1.87. The lowest BCUT2D eigenvalue weighted by molar-refractivity contribution is 0.258. The third kappa shape index (κ3) is 2.85. The monoisotopic (exact) mass is 222 g/mol. The minimum atomic E-state index is 0.611. The lowest BCUT2D eigenvalue weighted by atomic mass is 10.1. The Balaban J connectivity index is 1.94. The second-order valence-corrected chi connectivity index (χ2v) is 4.16. The Kier molecular flexibility index (Phi) is 3.62. The fraction of sp³-hybridized carbons (Fsp3) is 0.583. The number of aromatic nitrogens is 1. The van der Waals surface area contributed by atoms with Crippen molar-refractivity contribution in [2.45, 2.75) is 13.3 Å². The highest BCUT2D eigenvalue weighted by atomic mass is 16.5. The second kappa shape index (κ2) is 5.16. The van der Waals surface area contributed by atoms with Crippen LogP contribution in [0.4, 0.5) is 0 Å². The van der Waals surface area contributed by atoms with Crippen LogP contribution in [0.3, 0.4) is 0 Å². The summed E-state index contributed by atoms with van der Waals surface area (Å²) in [7, 11) is 1.62. The Bertz CT molecular complexity index is 349. The number of nitrogens with one attached hydrogen (secondary N) is 1. The largest absolute Gasteiger partial charge is 0.493 e. The van der Waals surface area contributed by atoms with Crippen molar-refractivity contribution in [3.8, 4) is 11.6 Å². The van der Waals surface area contributed by atoms with Crippen LogP contribution in [0.25, 0.3) is 0 Å². The highest BCUT2D eigenvalue weighted by Gasteiger charge is 2.15. The maximum Gasteiger partial charge on any atom is 0.216 e. The van der Waals surface area contributed by atoms with Crippen LogP contribution in [0.2, 0.25) is 0 Å². The van der Waals surface area contributed by atoms with Gasteiger partial charge in [-0.25, -0.2) is 4.98 Å². The maximum atomic E-state index is 5.75. The first-order valence-electron chi connectivity index (χ1n) is 5.64. The molecule has 1 aliphatic heterocycles. The van der Waals surface area contributed by atoms with Crippen molar-refractivity contribution < 1.29 is 9.47 Å². The smallest absolute Gasteiger partial charge is 0.216 e. The van der Waals surface area contributed by atoms with Gasteiger partial charge in [-0.15, -0.1) is 0 Å². The van der Waals surface area contributed by atoms with E-state index in [-0.39, 0.29) is 0 Å². The Morgan fingerprint density at radius 1 is 1.50 bits per heavy atom. The molecule has 1 saturated heterocycles. The van der Waals surface area contributed by atoms with Crippen LogP contribution in [-0.4, -0.2) is 31.8 Å². The van der Waals surface area contributed by atoms with Gasteiger partial charge >= 0.3 is 0 Å². The lowest BCUT2D eigenvalue weighted by Crippen LogP contribution is -2.15. The first-order chi connectivity index (χ1) is 7.78. The topological polar surface area (TPSA) is 43.4 Å². The predicted octanol–water partition coefficient (Wildman–Crippen LogP) is 1.39. The molecule has 1 N–H and O–H groups in total. The summed E-state index contributed by atoms with van der Waals surface area (Å²) in [6.07, 6.45) is 1.20. The number of nitrogens with zero attached hydrogens (tertiary/aromatic N) is 1. The summed E-state index contributed by atoms with van der Waals surface area (Å²) in [5.74, 6) is 2.08. The Hall–Kier alpha value is -1.29. The molecule has 0 aromatic carbocycles. The van der Waals surface area contributed by atoms with E-state index in [0.717, 1.165) is 31.1 Å². The summed E-state index contributed by atoms with van der Waals surface area (Å²) in [6.45, 7) is 4.86. The van der Waals surface area contributed by atoms with E-state index in [0.29, 0.717) is 11.8 Å². The van der Waals surface area contributed by atoms with Gasteiger partial charge in [0, 0.05) is 30.3 Å². The Morgan fingerprint density at radius 2 is 2.38 bits per heavy atom. The number of hydrogen-bond acceptors (Lipinski definition) is 4. The van der Waals surface area contributed by atoms with Gasteiger partial charge in [0.25, 0.3) is 0 Å². The van der Waals surface area contributed by atoms with E-state index in [1.165, 1.54) is 6.42 Å².